The highest BCUT2D eigenvalue weighted by molar-refractivity contribution is 7.13. The monoisotopic (exact) mass is 329 g/mol. The Morgan fingerprint density at radius 1 is 1.39 bits per heavy atom. The molecule has 0 atom stereocenters. The van der Waals surface area contributed by atoms with Crippen LogP contribution in [0, 0.1) is 0 Å². The smallest absolute Gasteiger partial charge is 0.335 e. The van der Waals surface area contributed by atoms with Crippen LogP contribution in [0.2, 0.25) is 0 Å². The molecule has 118 valence electrons. The van der Waals surface area contributed by atoms with Gasteiger partial charge in [0.25, 0.3) is 0 Å². The van der Waals surface area contributed by atoms with Crippen molar-refractivity contribution in [2.24, 2.45) is 0 Å². The number of carboxylic acids is 1. The summed E-state index contributed by atoms with van der Waals surface area (Å²) in [6.07, 6.45) is 6.40. The molecule has 0 amide bonds. The highest BCUT2D eigenvalue weighted by Crippen LogP contribution is 2.25. The van der Waals surface area contributed by atoms with Crippen LogP contribution in [0.25, 0.3) is 5.57 Å². The molecule has 0 saturated carbocycles. The number of nitrogens with zero attached hydrogens (tertiary/aromatic N) is 1. The van der Waals surface area contributed by atoms with Crippen LogP contribution in [0.1, 0.15) is 16.1 Å². The number of allylic oxidation sites excluding steroid dienone is 4. The quantitative estimate of drug-likeness (QED) is 0.457. The highest BCUT2D eigenvalue weighted by Gasteiger charge is 2.07. The number of carboxylic acid groups (broad SMARTS) is 1. The van der Waals surface area contributed by atoms with Crippen LogP contribution in [0.3, 0.4) is 0 Å². The number of anilines is 2. The molecule has 0 aliphatic heterocycles. The molecule has 0 aliphatic rings. The minimum Gasteiger partial charge on any atom is -0.478 e. The summed E-state index contributed by atoms with van der Waals surface area (Å²) in [5.41, 5.74) is 4.29. The molecule has 6 nitrogen and oxygen atoms in total. The zero-order chi connectivity index (χ0) is 16.7. The molecule has 1 aromatic carbocycles. The molecular weight excluding hydrogens is 314 g/mol. The van der Waals surface area contributed by atoms with Crippen LogP contribution < -0.4 is 10.8 Å². The van der Waals surface area contributed by atoms with E-state index in [0.717, 1.165) is 11.3 Å². The molecule has 2 rings (SSSR count). The first kappa shape index (κ1) is 16.5. The van der Waals surface area contributed by atoms with Gasteiger partial charge in [-0.25, -0.2) is 9.78 Å². The van der Waals surface area contributed by atoms with Crippen molar-refractivity contribution in [1.82, 2.24) is 10.5 Å². The average Bonchev–Trinajstić information content (AvgIpc) is 3.00. The maximum atomic E-state index is 11.0. The van der Waals surface area contributed by atoms with E-state index >= 15 is 0 Å². The van der Waals surface area contributed by atoms with Gasteiger partial charge < -0.3 is 10.4 Å². The third-order valence-corrected chi connectivity index (χ3v) is 3.58. The van der Waals surface area contributed by atoms with Gasteiger partial charge in [-0.1, -0.05) is 24.8 Å². The van der Waals surface area contributed by atoms with E-state index in [1.54, 1.807) is 36.4 Å². The molecule has 0 bridgehead atoms. The van der Waals surface area contributed by atoms with Crippen molar-refractivity contribution in [2.45, 2.75) is 0 Å². The fraction of sp³-hybridized carbons (Fsp3) is 0. The number of hydrogen-bond donors (Lipinski definition) is 4. The van der Waals surface area contributed by atoms with E-state index in [1.807, 2.05) is 10.9 Å². The summed E-state index contributed by atoms with van der Waals surface area (Å²) in [6, 6.07) is 6.51. The number of benzene rings is 1. The second kappa shape index (κ2) is 7.92. The van der Waals surface area contributed by atoms with E-state index in [-0.39, 0.29) is 5.56 Å². The highest BCUT2D eigenvalue weighted by atomic mass is 32.1. The summed E-state index contributed by atoms with van der Waals surface area (Å²) in [5, 5.41) is 23.1. The predicted octanol–water partition coefficient (Wildman–Crippen LogP) is 3.65. The first-order chi connectivity index (χ1) is 11.1. The van der Waals surface area contributed by atoms with Gasteiger partial charge in [0.05, 0.1) is 11.3 Å². The van der Waals surface area contributed by atoms with Crippen molar-refractivity contribution in [3.63, 3.8) is 0 Å². The minimum absolute atomic E-state index is 0.208. The predicted molar refractivity (Wildman–Crippen MR) is 91.0 cm³/mol. The Balaban J connectivity index is 2.17. The van der Waals surface area contributed by atoms with Gasteiger partial charge in [0.2, 0.25) is 0 Å². The molecule has 0 saturated heterocycles. The second-order valence-electron chi connectivity index (χ2n) is 4.36. The number of aromatic carboxylic acids is 1. The van der Waals surface area contributed by atoms with Gasteiger partial charge in [-0.05, 0) is 24.3 Å². The average molecular weight is 329 g/mol. The zero-order valence-electron chi connectivity index (χ0n) is 12.1. The maximum absolute atomic E-state index is 11.0. The van der Waals surface area contributed by atoms with Gasteiger partial charge >= 0.3 is 5.97 Å². The summed E-state index contributed by atoms with van der Waals surface area (Å²) in [7, 11) is 0. The number of carbonyl (C=O) groups is 1. The number of hydroxylamine groups is 1. The third kappa shape index (κ3) is 4.53. The third-order valence-electron chi connectivity index (χ3n) is 2.83. The van der Waals surface area contributed by atoms with Gasteiger partial charge in [0.15, 0.2) is 5.13 Å². The van der Waals surface area contributed by atoms with Gasteiger partial charge in [-0.3, -0.25) is 10.7 Å². The van der Waals surface area contributed by atoms with E-state index in [9.17, 15) is 4.79 Å². The van der Waals surface area contributed by atoms with Crippen molar-refractivity contribution in [1.29, 1.82) is 0 Å². The van der Waals surface area contributed by atoms with Crippen LogP contribution in [-0.2, 0) is 0 Å². The van der Waals surface area contributed by atoms with Crippen LogP contribution in [0.5, 0.6) is 0 Å². The number of hydrogen-bond acceptors (Lipinski definition) is 6. The Labute approximate surface area is 137 Å². The van der Waals surface area contributed by atoms with Crippen molar-refractivity contribution >= 4 is 33.7 Å². The molecule has 0 radical (unpaired) electrons. The lowest BCUT2D eigenvalue weighted by atomic mass is 10.2. The lowest BCUT2D eigenvalue weighted by Gasteiger charge is -2.03. The Morgan fingerprint density at radius 3 is 2.91 bits per heavy atom. The molecule has 4 N–H and O–H groups in total. The second-order valence-corrected chi connectivity index (χ2v) is 5.22. The normalized spacial score (nSPS) is 11.4. The molecule has 1 heterocycles. The lowest BCUT2D eigenvalue weighted by molar-refractivity contribution is 0.0697. The standard InChI is InChI=1S/C16H15N3O3S/c1-2-11(6-4-8-17-22)14-10-23-16(19-14)18-13-7-3-5-12(9-13)15(20)21/h2-10,17,22H,1H2,(H,18,19)(H,20,21)/b8-4-,11-6+. The summed E-state index contributed by atoms with van der Waals surface area (Å²) in [6.45, 7) is 3.73. The molecule has 0 spiro atoms. The molecule has 0 fully saturated rings. The van der Waals surface area contributed by atoms with Gasteiger partial charge in [-0.2, -0.15) is 0 Å². The molecule has 0 unspecified atom stereocenters. The van der Waals surface area contributed by atoms with Gasteiger partial charge in [-0.15, -0.1) is 11.3 Å². The molecule has 23 heavy (non-hydrogen) atoms. The fourth-order valence-electron chi connectivity index (χ4n) is 1.77. The molecule has 0 aliphatic carbocycles. The van der Waals surface area contributed by atoms with E-state index in [1.165, 1.54) is 23.6 Å². The van der Waals surface area contributed by atoms with E-state index in [4.69, 9.17) is 10.3 Å². The fourth-order valence-corrected chi connectivity index (χ4v) is 2.51. The van der Waals surface area contributed by atoms with Crippen LogP contribution in [-0.4, -0.2) is 21.3 Å². The van der Waals surface area contributed by atoms with Crippen molar-refractivity contribution < 1.29 is 15.1 Å². The Morgan fingerprint density at radius 2 is 2.22 bits per heavy atom. The summed E-state index contributed by atoms with van der Waals surface area (Å²) in [5.74, 6) is -0.977. The molecule has 2 aromatic rings. The lowest BCUT2D eigenvalue weighted by Crippen LogP contribution is -1.97. The summed E-state index contributed by atoms with van der Waals surface area (Å²) < 4.78 is 0. The van der Waals surface area contributed by atoms with Gasteiger partial charge in [0.1, 0.15) is 0 Å². The Bertz CT molecular complexity index is 765. The van der Waals surface area contributed by atoms with Crippen molar-refractivity contribution in [3.8, 4) is 0 Å². The Kier molecular flexibility index (Phi) is 5.67. The Hall–Kier alpha value is -2.90. The van der Waals surface area contributed by atoms with Crippen molar-refractivity contribution in [2.75, 3.05) is 5.32 Å². The van der Waals surface area contributed by atoms with Crippen LogP contribution >= 0.6 is 11.3 Å². The summed E-state index contributed by atoms with van der Waals surface area (Å²) in [4.78, 5) is 15.4. The van der Waals surface area contributed by atoms with Gasteiger partial charge in [0, 0.05) is 22.8 Å². The van der Waals surface area contributed by atoms with E-state index in [2.05, 4.69) is 16.9 Å². The van der Waals surface area contributed by atoms with E-state index in [0.29, 0.717) is 10.8 Å². The first-order valence-electron chi connectivity index (χ1n) is 6.59. The topological polar surface area (TPSA) is 94.5 Å². The minimum atomic E-state index is -0.977. The summed E-state index contributed by atoms with van der Waals surface area (Å²) >= 11 is 1.39. The van der Waals surface area contributed by atoms with E-state index < -0.39 is 5.97 Å². The van der Waals surface area contributed by atoms with Crippen LogP contribution in [0.4, 0.5) is 10.8 Å². The molecule has 7 heteroatoms. The number of aromatic nitrogens is 1. The van der Waals surface area contributed by atoms with Crippen LogP contribution in [0.15, 0.2) is 60.7 Å². The van der Waals surface area contributed by atoms with Crippen molar-refractivity contribution in [3.05, 3.63) is 71.9 Å². The molecular formula is C16H15N3O3S. The number of rotatable bonds is 7. The number of thiazole rings is 1. The zero-order valence-corrected chi connectivity index (χ0v) is 12.9. The SMILES string of the molecule is C=C/C(=C\C=C/NO)c1csc(Nc2cccc(C(=O)O)c2)n1. The largest absolute Gasteiger partial charge is 0.478 e. The number of nitrogens with one attached hydrogen (secondary N) is 2. The maximum Gasteiger partial charge on any atom is 0.335 e. The molecule has 1 aromatic heterocycles. The first-order valence-corrected chi connectivity index (χ1v) is 7.47.